The maximum atomic E-state index is 13.2. The van der Waals surface area contributed by atoms with E-state index in [9.17, 15) is 18.0 Å². The van der Waals surface area contributed by atoms with Crippen LogP contribution in [0.5, 0.6) is 0 Å². The van der Waals surface area contributed by atoms with Crippen molar-refractivity contribution in [3.05, 3.63) is 64.6 Å². The molecule has 11 heteroatoms. The molecule has 0 saturated carbocycles. The second-order valence-corrected chi connectivity index (χ2v) is 11.2. The third-order valence-corrected chi connectivity index (χ3v) is 8.36. The van der Waals surface area contributed by atoms with Crippen molar-refractivity contribution in [2.75, 3.05) is 31.6 Å². The Morgan fingerprint density at radius 1 is 1.14 bits per heavy atom. The first-order valence-corrected chi connectivity index (χ1v) is 13.8. The summed E-state index contributed by atoms with van der Waals surface area (Å²) in [5.74, 6) is -0.551. The van der Waals surface area contributed by atoms with E-state index in [-0.39, 0.29) is 47.8 Å². The number of piperidine rings is 1. The highest BCUT2D eigenvalue weighted by Crippen LogP contribution is 2.26. The molecule has 0 unspecified atom stereocenters. The molecule has 2 heterocycles. The highest BCUT2D eigenvalue weighted by atomic mass is 79.9. The van der Waals surface area contributed by atoms with Crippen molar-refractivity contribution in [1.82, 2.24) is 9.46 Å². The fraction of sp³-hybridized carbons (Fsp3) is 0.320. The monoisotopic (exact) mass is 575 g/mol. The molecule has 0 bridgehead atoms. The first-order valence-electron chi connectivity index (χ1n) is 11.5. The van der Waals surface area contributed by atoms with Gasteiger partial charge in [-0.1, -0.05) is 45.4 Å². The summed E-state index contributed by atoms with van der Waals surface area (Å²) in [6.45, 7) is 2.39. The molecule has 3 aromatic rings. The largest absolute Gasteiger partial charge is 0.466 e. The normalized spacial score (nSPS) is 14.9. The lowest BCUT2D eigenvalue weighted by atomic mass is 9.98. The molecule has 1 aliphatic rings. The Hall–Kier alpha value is -3.02. The second-order valence-electron chi connectivity index (χ2n) is 8.32. The number of anilines is 1. The lowest BCUT2D eigenvalue weighted by molar-refractivity contribution is -0.149. The number of carbonyl (C=O) groups excluding carboxylic acids is 2. The van der Waals surface area contributed by atoms with Gasteiger partial charge in [0.05, 0.1) is 24.0 Å². The molecule has 1 N–H and O–H groups in total. The zero-order chi connectivity index (χ0) is 25.7. The average Bonchev–Trinajstić information content (AvgIpc) is 3.37. The van der Waals surface area contributed by atoms with Crippen LogP contribution in [0.1, 0.15) is 30.1 Å². The van der Waals surface area contributed by atoms with Gasteiger partial charge in [0, 0.05) is 34.8 Å². The van der Waals surface area contributed by atoms with Gasteiger partial charge in [0.2, 0.25) is 15.9 Å². The fourth-order valence-corrected chi connectivity index (χ4v) is 5.74. The average molecular weight is 576 g/mol. The van der Waals surface area contributed by atoms with E-state index in [2.05, 4.69) is 26.4 Å². The maximum absolute atomic E-state index is 13.2. The van der Waals surface area contributed by atoms with E-state index in [1.54, 1.807) is 25.1 Å². The number of sulfonamides is 1. The molecule has 1 aliphatic heterocycles. The molecule has 0 spiro atoms. The van der Waals surface area contributed by atoms with Gasteiger partial charge in [-0.2, -0.15) is 4.31 Å². The van der Waals surface area contributed by atoms with Crippen LogP contribution in [0.2, 0.25) is 0 Å². The summed E-state index contributed by atoms with van der Waals surface area (Å²) in [7, 11) is -3.80. The van der Waals surface area contributed by atoms with Gasteiger partial charge < -0.3 is 14.6 Å². The van der Waals surface area contributed by atoms with Crippen molar-refractivity contribution in [2.24, 2.45) is 5.92 Å². The summed E-state index contributed by atoms with van der Waals surface area (Å²) in [6, 6.07) is 15.2. The number of ether oxygens (including phenoxy) is 1. The molecule has 1 aromatic heterocycles. The topological polar surface area (TPSA) is 119 Å². The lowest BCUT2D eigenvalue weighted by Crippen LogP contribution is -2.40. The molecule has 36 heavy (non-hydrogen) atoms. The molecular weight excluding hydrogens is 550 g/mol. The summed E-state index contributed by atoms with van der Waals surface area (Å²) >= 11 is 3.39. The Kier molecular flexibility index (Phi) is 8.22. The van der Waals surface area contributed by atoms with Gasteiger partial charge in [-0.3, -0.25) is 9.59 Å². The number of hydrogen-bond donors (Lipinski definition) is 1. The van der Waals surface area contributed by atoms with Crippen LogP contribution in [-0.4, -0.2) is 55.9 Å². The Bertz CT molecular complexity index is 1330. The van der Waals surface area contributed by atoms with Crippen molar-refractivity contribution in [3.8, 4) is 11.3 Å². The Labute approximate surface area is 218 Å². The summed E-state index contributed by atoms with van der Waals surface area (Å²) in [5, 5.41) is 6.91. The van der Waals surface area contributed by atoms with Gasteiger partial charge in [0.15, 0.2) is 5.78 Å². The molecule has 190 valence electrons. The SMILES string of the molecule is CCOC(=O)C1CCN(S(=O)(=O)c2cccc(C(=O)CNc3cc(-c4ccc(Br)cc4)no3)c2)CC1. The zero-order valence-electron chi connectivity index (χ0n) is 19.6. The van der Waals surface area contributed by atoms with E-state index in [0.717, 1.165) is 10.0 Å². The fourth-order valence-electron chi connectivity index (χ4n) is 3.96. The minimum Gasteiger partial charge on any atom is -0.466 e. The molecule has 2 aromatic carbocycles. The number of Topliss-reactive ketones (excluding diaryl/α,β-unsaturated/α-hetero) is 1. The van der Waals surface area contributed by atoms with Crippen LogP contribution in [0.15, 0.2) is 68.5 Å². The number of rotatable bonds is 9. The van der Waals surface area contributed by atoms with Crippen LogP contribution >= 0.6 is 15.9 Å². The number of carbonyl (C=O) groups is 2. The predicted octanol–water partition coefficient (Wildman–Crippen LogP) is 4.36. The number of esters is 1. The van der Waals surface area contributed by atoms with Gasteiger partial charge in [0.1, 0.15) is 5.69 Å². The van der Waals surface area contributed by atoms with Crippen molar-refractivity contribution >= 4 is 43.6 Å². The van der Waals surface area contributed by atoms with E-state index >= 15 is 0 Å². The third-order valence-electron chi connectivity index (χ3n) is 5.94. The Morgan fingerprint density at radius 2 is 1.86 bits per heavy atom. The van der Waals surface area contributed by atoms with Gasteiger partial charge in [-0.05, 0) is 44.0 Å². The number of nitrogens with zero attached hydrogens (tertiary/aromatic N) is 2. The molecule has 9 nitrogen and oxygen atoms in total. The number of nitrogens with one attached hydrogen (secondary N) is 1. The zero-order valence-corrected chi connectivity index (χ0v) is 22.0. The van der Waals surface area contributed by atoms with Crippen LogP contribution in [0.25, 0.3) is 11.3 Å². The standard InChI is InChI=1S/C25H26BrN3O6S/c1-2-34-25(31)18-10-12-29(13-11-18)36(32,33)21-5-3-4-19(14-21)23(30)16-27-24-15-22(28-35-24)17-6-8-20(26)9-7-17/h3-9,14-15,18,27H,2,10-13,16H2,1H3. The van der Waals surface area contributed by atoms with Crippen LogP contribution < -0.4 is 5.32 Å². The van der Waals surface area contributed by atoms with Crippen molar-refractivity contribution in [2.45, 2.75) is 24.7 Å². The van der Waals surface area contributed by atoms with Gasteiger partial charge >= 0.3 is 5.97 Å². The molecule has 0 amide bonds. The lowest BCUT2D eigenvalue weighted by Gasteiger charge is -2.30. The number of aromatic nitrogens is 1. The molecule has 1 fully saturated rings. The summed E-state index contributed by atoms with van der Waals surface area (Å²) in [5.41, 5.74) is 1.75. The van der Waals surface area contributed by atoms with Crippen LogP contribution in [0.3, 0.4) is 0 Å². The number of hydrogen-bond acceptors (Lipinski definition) is 8. The van der Waals surface area contributed by atoms with E-state index in [4.69, 9.17) is 9.26 Å². The number of benzene rings is 2. The molecule has 0 atom stereocenters. The number of ketones is 1. The van der Waals surface area contributed by atoms with E-state index in [1.165, 1.54) is 16.4 Å². The second kappa shape index (κ2) is 11.4. The van der Waals surface area contributed by atoms with Crippen LogP contribution in [0, 0.1) is 5.92 Å². The highest BCUT2D eigenvalue weighted by molar-refractivity contribution is 9.10. The summed E-state index contributed by atoms with van der Waals surface area (Å²) in [6.07, 6.45) is 0.806. The molecule has 4 rings (SSSR count). The quantitative estimate of drug-likeness (QED) is 0.295. The molecule has 0 aliphatic carbocycles. The first kappa shape index (κ1) is 26.1. The summed E-state index contributed by atoms with van der Waals surface area (Å²) in [4.78, 5) is 24.8. The van der Waals surface area contributed by atoms with Crippen molar-refractivity contribution < 1.29 is 27.3 Å². The molecule has 0 radical (unpaired) electrons. The number of halogens is 1. The third kappa shape index (κ3) is 6.03. The first-order chi connectivity index (χ1) is 17.3. The maximum Gasteiger partial charge on any atom is 0.309 e. The van der Waals surface area contributed by atoms with Gasteiger partial charge in [-0.25, -0.2) is 8.42 Å². The molecular formula is C25H26BrN3O6S. The Balaban J connectivity index is 1.38. The van der Waals surface area contributed by atoms with E-state index in [1.807, 2.05) is 24.3 Å². The predicted molar refractivity (Wildman–Crippen MR) is 137 cm³/mol. The Morgan fingerprint density at radius 3 is 2.56 bits per heavy atom. The minimum atomic E-state index is -3.80. The smallest absolute Gasteiger partial charge is 0.309 e. The van der Waals surface area contributed by atoms with Crippen LogP contribution in [-0.2, 0) is 19.6 Å². The van der Waals surface area contributed by atoms with Crippen LogP contribution in [0.4, 0.5) is 5.88 Å². The minimum absolute atomic E-state index is 0.0418. The van der Waals surface area contributed by atoms with Crippen molar-refractivity contribution in [1.29, 1.82) is 0 Å². The van der Waals surface area contributed by atoms with E-state index in [0.29, 0.717) is 31.0 Å². The van der Waals surface area contributed by atoms with E-state index < -0.39 is 10.0 Å². The molecule has 1 saturated heterocycles. The van der Waals surface area contributed by atoms with Gasteiger partial charge in [-0.15, -0.1) is 0 Å². The van der Waals surface area contributed by atoms with Gasteiger partial charge in [0.25, 0.3) is 0 Å². The summed E-state index contributed by atoms with van der Waals surface area (Å²) < 4.78 is 38.9. The highest BCUT2D eigenvalue weighted by Gasteiger charge is 2.33. The van der Waals surface area contributed by atoms with Crippen molar-refractivity contribution in [3.63, 3.8) is 0 Å².